The van der Waals surface area contributed by atoms with E-state index in [1.165, 1.54) is 23.0 Å². The van der Waals surface area contributed by atoms with Crippen molar-refractivity contribution in [2.24, 2.45) is 0 Å². The van der Waals surface area contributed by atoms with Crippen LogP contribution in [0.3, 0.4) is 0 Å². The molecule has 3 N–H and O–H groups in total. The maximum absolute atomic E-state index is 12.4. The van der Waals surface area contributed by atoms with Crippen molar-refractivity contribution in [1.82, 2.24) is 30.6 Å². The molecule has 1 aromatic carbocycles. The Labute approximate surface area is 168 Å². The standard InChI is InChI=1S/C18H17BrN6O3/c1-11-14(10-22-25(11)15-5-6-16(26)24-23-15)18(28)21-8-7-20-17(27)12-3-2-4-13(19)9-12/h2-6,9-10H,7-8H2,1H3,(H,20,27)(H,21,28)(H,24,26). The first-order valence-electron chi connectivity index (χ1n) is 8.38. The van der Waals surface area contributed by atoms with E-state index in [4.69, 9.17) is 0 Å². The Balaban J connectivity index is 1.55. The van der Waals surface area contributed by atoms with Gasteiger partial charge in [-0.05, 0) is 31.2 Å². The first-order chi connectivity index (χ1) is 13.5. The summed E-state index contributed by atoms with van der Waals surface area (Å²) in [6, 6.07) is 9.88. The van der Waals surface area contributed by atoms with Gasteiger partial charge in [0.15, 0.2) is 5.82 Å². The molecule has 0 aliphatic heterocycles. The molecule has 0 saturated heterocycles. The molecule has 3 aromatic rings. The number of nitrogens with one attached hydrogen (secondary N) is 3. The molecule has 0 unspecified atom stereocenters. The number of rotatable bonds is 6. The highest BCUT2D eigenvalue weighted by atomic mass is 79.9. The summed E-state index contributed by atoms with van der Waals surface area (Å²) in [6.07, 6.45) is 1.43. The van der Waals surface area contributed by atoms with E-state index in [2.05, 4.69) is 41.9 Å². The molecule has 0 spiro atoms. The van der Waals surface area contributed by atoms with E-state index in [-0.39, 0.29) is 30.5 Å². The van der Waals surface area contributed by atoms with E-state index in [1.54, 1.807) is 25.1 Å². The van der Waals surface area contributed by atoms with Crippen molar-refractivity contribution < 1.29 is 9.59 Å². The second-order valence-electron chi connectivity index (χ2n) is 5.86. The van der Waals surface area contributed by atoms with Crippen LogP contribution in [0.1, 0.15) is 26.4 Å². The summed E-state index contributed by atoms with van der Waals surface area (Å²) in [6.45, 7) is 2.27. The number of H-pyrrole nitrogens is 1. The lowest BCUT2D eigenvalue weighted by molar-refractivity contribution is 0.0927. The minimum absolute atomic E-state index is 0.219. The molecule has 3 rings (SSSR count). The molecule has 9 nitrogen and oxygen atoms in total. The van der Waals surface area contributed by atoms with Crippen LogP contribution in [0.5, 0.6) is 0 Å². The van der Waals surface area contributed by atoms with Crippen molar-refractivity contribution in [1.29, 1.82) is 0 Å². The SMILES string of the molecule is Cc1c(C(=O)NCCNC(=O)c2cccc(Br)c2)cnn1-c1ccc(=O)[nH]n1. The molecule has 0 atom stereocenters. The fourth-order valence-electron chi connectivity index (χ4n) is 2.50. The molecule has 10 heteroatoms. The minimum atomic E-state index is -0.323. The molecule has 0 aliphatic carbocycles. The van der Waals surface area contributed by atoms with Gasteiger partial charge in [0.25, 0.3) is 17.4 Å². The number of carbonyl (C=O) groups excluding carboxylic acids is 2. The Morgan fingerprint density at radius 2 is 1.89 bits per heavy atom. The Hall–Kier alpha value is -3.27. The Morgan fingerprint density at radius 1 is 1.14 bits per heavy atom. The molecular formula is C18H17BrN6O3. The summed E-state index contributed by atoms with van der Waals surface area (Å²) in [5.74, 6) is -0.133. The second kappa shape index (κ2) is 8.61. The molecule has 0 aliphatic rings. The lowest BCUT2D eigenvalue weighted by atomic mass is 10.2. The van der Waals surface area contributed by atoms with Gasteiger partial charge in [-0.25, -0.2) is 9.78 Å². The zero-order valence-electron chi connectivity index (χ0n) is 14.9. The van der Waals surface area contributed by atoms with Gasteiger partial charge in [0.05, 0.1) is 17.5 Å². The number of nitrogens with zero attached hydrogens (tertiary/aromatic N) is 3. The predicted molar refractivity (Wildman–Crippen MR) is 106 cm³/mol. The summed E-state index contributed by atoms with van der Waals surface area (Å²) in [4.78, 5) is 35.5. The van der Waals surface area contributed by atoms with Gasteiger partial charge in [0, 0.05) is 29.2 Å². The zero-order chi connectivity index (χ0) is 20.1. The van der Waals surface area contributed by atoms with Crippen molar-refractivity contribution >= 4 is 27.7 Å². The number of benzene rings is 1. The van der Waals surface area contributed by atoms with Gasteiger partial charge in [-0.2, -0.15) is 10.2 Å². The molecule has 2 aromatic heterocycles. The molecule has 0 saturated carbocycles. The van der Waals surface area contributed by atoms with E-state index in [9.17, 15) is 14.4 Å². The van der Waals surface area contributed by atoms with Gasteiger partial charge in [-0.3, -0.25) is 14.4 Å². The number of halogens is 1. The summed E-state index contributed by atoms with van der Waals surface area (Å²) < 4.78 is 2.28. The Morgan fingerprint density at radius 3 is 2.57 bits per heavy atom. The number of hydrogen-bond donors (Lipinski definition) is 3. The highest BCUT2D eigenvalue weighted by Crippen LogP contribution is 2.12. The van der Waals surface area contributed by atoms with Crippen LogP contribution in [-0.2, 0) is 0 Å². The molecule has 2 heterocycles. The smallest absolute Gasteiger partial charge is 0.264 e. The average molecular weight is 445 g/mol. The fraction of sp³-hybridized carbons (Fsp3) is 0.167. The van der Waals surface area contributed by atoms with Crippen LogP contribution in [0.2, 0.25) is 0 Å². The Kier molecular flexibility index (Phi) is 5.99. The molecular weight excluding hydrogens is 428 g/mol. The molecule has 144 valence electrons. The van der Waals surface area contributed by atoms with Crippen LogP contribution in [0.15, 0.2) is 51.9 Å². The van der Waals surface area contributed by atoms with Crippen LogP contribution < -0.4 is 16.2 Å². The molecule has 0 bridgehead atoms. The van der Waals surface area contributed by atoms with Gasteiger partial charge in [-0.1, -0.05) is 22.0 Å². The van der Waals surface area contributed by atoms with Crippen LogP contribution in [0.4, 0.5) is 0 Å². The maximum Gasteiger partial charge on any atom is 0.264 e. The first-order valence-corrected chi connectivity index (χ1v) is 9.17. The maximum atomic E-state index is 12.4. The van der Waals surface area contributed by atoms with Crippen LogP contribution in [0.25, 0.3) is 5.82 Å². The summed E-state index contributed by atoms with van der Waals surface area (Å²) in [5, 5.41) is 15.8. The van der Waals surface area contributed by atoms with E-state index >= 15 is 0 Å². The summed E-state index contributed by atoms with van der Waals surface area (Å²) >= 11 is 3.32. The monoisotopic (exact) mass is 444 g/mol. The van der Waals surface area contributed by atoms with Crippen molar-refractivity contribution in [2.45, 2.75) is 6.92 Å². The van der Waals surface area contributed by atoms with Gasteiger partial charge in [0.2, 0.25) is 0 Å². The molecule has 0 radical (unpaired) electrons. The van der Waals surface area contributed by atoms with E-state index < -0.39 is 0 Å². The summed E-state index contributed by atoms with van der Waals surface area (Å²) in [7, 11) is 0. The van der Waals surface area contributed by atoms with Gasteiger partial charge in [-0.15, -0.1) is 0 Å². The number of carbonyl (C=O) groups is 2. The normalized spacial score (nSPS) is 10.5. The van der Waals surface area contributed by atoms with E-state index in [0.29, 0.717) is 22.6 Å². The molecule has 28 heavy (non-hydrogen) atoms. The van der Waals surface area contributed by atoms with Crippen molar-refractivity contribution in [3.8, 4) is 5.82 Å². The van der Waals surface area contributed by atoms with Crippen molar-refractivity contribution in [2.75, 3.05) is 13.1 Å². The Bertz CT molecular complexity index is 1050. The lowest BCUT2D eigenvalue weighted by Gasteiger charge is -2.08. The minimum Gasteiger partial charge on any atom is -0.350 e. The molecule has 0 fully saturated rings. The van der Waals surface area contributed by atoms with Crippen molar-refractivity contribution in [3.63, 3.8) is 0 Å². The van der Waals surface area contributed by atoms with Gasteiger partial charge < -0.3 is 10.6 Å². The quantitative estimate of drug-likeness (QED) is 0.492. The third-order valence-corrected chi connectivity index (χ3v) is 4.41. The third-order valence-electron chi connectivity index (χ3n) is 3.92. The van der Waals surface area contributed by atoms with Gasteiger partial charge in [0.1, 0.15) is 0 Å². The van der Waals surface area contributed by atoms with Crippen molar-refractivity contribution in [3.05, 3.63) is 74.2 Å². The van der Waals surface area contributed by atoms with E-state index in [1.807, 2.05) is 6.07 Å². The lowest BCUT2D eigenvalue weighted by Crippen LogP contribution is -2.34. The third kappa shape index (κ3) is 4.52. The highest BCUT2D eigenvalue weighted by molar-refractivity contribution is 9.10. The fourth-order valence-corrected chi connectivity index (χ4v) is 2.90. The highest BCUT2D eigenvalue weighted by Gasteiger charge is 2.15. The predicted octanol–water partition coefficient (Wildman–Crippen LogP) is 1.19. The number of aromatic nitrogens is 4. The average Bonchev–Trinajstić information content (AvgIpc) is 3.07. The first kappa shape index (κ1) is 19.5. The topological polar surface area (TPSA) is 122 Å². The van der Waals surface area contributed by atoms with Crippen LogP contribution in [0, 0.1) is 6.92 Å². The zero-order valence-corrected chi connectivity index (χ0v) is 16.5. The number of aromatic amines is 1. The van der Waals surface area contributed by atoms with E-state index in [0.717, 1.165) is 4.47 Å². The van der Waals surface area contributed by atoms with Crippen LogP contribution >= 0.6 is 15.9 Å². The molecule has 2 amide bonds. The van der Waals surface area contributed by atoms with Crippen LogP contribution in [-0.4, -0.2) is 44.9 Å². The second-order valence-corrected chi connectivity index (χ2v) is 6.77. The van der Waals surface area contributed by atoms with Gasteiger partial charge >= 0.3 is 0 Å². The summed E-state index contributed by atoms with van der Waals surface area (Å²) in [5.41, 5.74) is 1.17. The number of hydrogen-bond acceptors (Lipinski definition) is 5. The number of amides is 2. The largest absolute Gasteiger partial charge is 0.350 e.